The van der Waals surface area contributed by atoms with E-state index in [1.807, 2.05) is 12.1 Å². The van der Waals surface area contributed by atoms with Crippen molar-refractivity contribution in [3.63, 3.8) is 0 Å². The summed E-state index contributed by atoms with van der Waals surface area (Å²) in [5, 5.41) is 2.69. The summed E-state index contributed by atoms with van der Waals surface area (Å²) in [6.45, 7) is -2.39. The number of para-hydroxylation sites is 2. The van der Waals surface area contributed by atoms with E-state index in [0.29, 0.717) is 18.1 Å². The third kappa shape index (κ3) is 3.92. The number of rotatable bonds is 5. The number of hydrogen-bond acceptors (Lipinski definition) is 4. The van der Waals surface area contributed by atoms with Crippen LogP contribution < -0.4 is 19.5 Å². The van der Waals surface area contributed by atoms with Crippen LogP contribution in [0, 0.1) is 0 Å². The Morgan fingerprint density at radius 3 is 2.79 bits per heavy atom. The van der Waals surface area contributed by atoms with Crippen LogP contribution in [0.2, 0.25) is 0 Å². The number of halogens is 2. The first-order valence-corrected chi connectivity index (χ1v) is 7.33. The van der Waals surface area contributed by atoms with Gasteiger partial charge in [-0.05, 0) is 30.3 Å². The molecule has 1 amide bonds. The van der Waals surface area contributed by atoms with E-state index < -0.39 is 12.5 Å². The Bertz CT molecular complexity index is 723. The minimum absolute atomic E-state index is 0.0659. The molecule has 1 heterocycles. The molecule has 0 aliphatic carbocycles. The molecule has 7 heteroatoms. The van der Waals surface area contributed by atoms with Crippen LogP contribution in [0.5, 0.6) is 17.2 Å². The zero-order valence-electron chi connectivity index (χ0n) is 12.6. The first kappa shape index (κ1) is 16.0. The maximum atomic E-state index is 12.2. The summed E-state index contributed by atoms with van der Waals surface area (Å²) < 4.78 is 40.0. The van der Waals surface area contributed by atoms with Crippen molar-refractivity contribution in [2.24, 2.45) is 0 Å². The third-order valence-electron chi connectivity index (χ3n) is 3.38. The average Bonchev–Trinajstić information content (AvgIpc) is 2.59. The molecule has 2 aromatic carbocycles. The number of amides is 1. The molecule has 5 nitrogen and oxygen atoms in total. The highest BCUT2D eigenvalue weighted by atomic mass is 19.3. The Morgan fingerprint density at radius 1 is 1.21 bits per heavy atom. The highest BCUT2D eigenvalue weighted by Gasteiger charge is 2.21. The Morgan fingerprint density at radius 2 is 2.00 bits per heavy atom. The van der Waals surface area contributed by atoms with Gasteiger partial charge in [0.05, 0.1) is 6.54 Å². The Balaban J connectivity index is 1.56. The van der Waals surface area contributed by atoms with Crippen molar-refractivity contribution >= 4 is 5.91 Å². The van der Waals surface area contributed by atoms with E-state index in [0.717, 1.165) is 0 Å². The molecule has 0 bridgehead atoms. The van der Waals surface area contributed by atoms with E-state index in [4.69, 9.17) is 9.47 Å². The molecule has 1 N–H and O–H groups in total. The van der Waals surface area contributed by atoms with Gasteiger partial charge in [-0.25, -0.2) is 0 Å². The number of nitrogens with one attached hydrogen (secondary N) is 1. The maximum Gasteiger partial charge on any atom is 0.387 e. The monoisotopic (exact) mass is 335 g/mol. The largest absolute Gasteiger partial charge is 0.486 e. The molecule has 0 saturated heterocycles. The molecule has 0 spiro atoms. The predicted octanol–water partition coefficient (Wildman–Crippen LogP) is 2.86. The minimum Gasteiger partial charge on any atom is -0.486 e. The molecule has 2 aromatic rings. The van der Waals surface area contributed by atoms with Gasteiger partial charge in [0.2, 0.25) is 0 Å². The van der Waals surface area contributed by atoms with Crippen molar-refractivity contribution < 1.29 is 27.8 Å². The Labute approximate surface area is 137 Å². The van der Waals surface area contributed by atoms with Crippen molar-refractivity contribution in [3.05, 3.63) is 54.1 Å². The summed E-state index contributed by atoms with van der Waals surface area (Å²) in [4.78, 5) is 12.1. The average molecular weight is 335 g/mol. The quantitative estimate of drug-likeness (QED) is 0.913. The lowest BCUT2D eigenvalue weighted by Crippen LogP contribution is -2.40. The van der Waals surface area contributed by atoms with E-state index in [1.165, 1.54) is 24.3 Å². The molecule has 24 heavy (non-hydrogen) atoms. The molecule has 1 atom stereocenters. The van der Waals surface area contributed by atoms with Gasteiger partial charge in [-0.3, -0.25) is 4.79 Å². The molecule has 3 rings (SSSR count). The highest BCUT2D eigenvalue weighted by Crippen LogP contribution is 2.30. The summed E-state index contributed by atoms with van der Waals surface area (Å²) in [6, 6.07) is 12.9. The number of fused-ring (bicyclic) bond motifs is 1. The third-order valence-corrected chi connectivity index (χ3v) is 3.38. The van der Waals surface area contributed by atoms with Crippen LogP contribution in [0.15, 0.2) is 48.5 Å². The van der Waals surface area contributed by atoms with Gasteiger partial charge in [0.1, 0.15) is 18.5 Å². The van der Waals surface area contributed by atoms with Crippen LogP contribution in [0.4, 0.5) is 8.78 Å². The smallest absolute Gasteiger partial charge is 0.387 e. The van der Waals surface area contributed by atoms with Crippen LogP contribution in [-0.2, 0) is 0 Å². The van der Waals surface area contributed by atoms with Gasteiger partial charge in [0, 0.05) is 5.56 Å². The van der Waals surface area contributed by atoms with Gasteiger partial charge in [-0.2, -0.15) is 8.78 Å². The molecule has 0 aromatic heterocycles. The predicted molar refractivity (Wildman–Crippen MR) is 81.8 cm³/mol. The number of benzene rings is 2. The summed E-state index contributed by atoms with van der Waals surface area (Å²) in [5.41, 5.74) is 0.227. The highest BCUT2D eigenvalue weighted by molar-refractivity contribution is 5.94. The molecule has 0 saturated carbocycles. The molecule has 126 valence electrons. The van der Waals surface area contributed by atoms with E-state index in [2.05, 4.69) is 10.1 Å². The molecular weight excluding hydrogens is 320 g/mol. The molecule has 1 unspecified atom stereocenters. The number of carbonyl (C=O) groups is 1. The van der Waals surface area contributed by atoms with Crippen molar-refractivity contribution in [1.82, 2.24) is 5.32 Å². The van der Waals surface area contributed by atoms with Gasteiger partial charge in [0.25, 0.3) is 5.91 Å². The van der Waals surface area contributed by atoms with E-state index in [9.17, 15) is 13.6 Å². The summed E-state index contributed by atoms with van der Waals surface area (Å²) >= 11 is 0. The number of alkyl halides is 2. The normalized spacial score (nSPS) is 15.9. The fourth-order valence-corrected chi connectivity index (χ4v) is 2.29. The summed E-state index contributed by atoms with van der Waals surface area (Å²) in [7, 11) is 0. The molecule has 0 fully saturated rings. The van der Waals surface area contributed by atoms with Gasteiger partial charge in [-0.15, -0.1) is 0 Å². The lowest BCUT2D eigenvalue weighted by molar-refractivity contribution is -0.0498. The zero-order chi connectivity index (χ0) is 16.9. The molecule has 1 aliphatic rings. The molecule has 0 radical (unpaired) electrons. The van der Waals surface area contributed by atoms with Crippen LogP contribution in [0.1, 0.15) is 10.4 Å². The van der Waals surface area contributed by atoms with Crippen LogP contribution in [-0.4, -0.2) is 31.8 Å². The van der Waals surface area contributed by atoms with Gasteiger partial charge in [-0.1, -0.05) is 18.2 Å². The van der Waals surface area contributed by atoms with Crippen molar-refractivity contribution in [2.75, 3.05) is 13.2 Å². The lowest BCUT2D eigenvalue weighted by Gasteiger charge is -2.26. The standard InChI is InChI=1S/C17H15F2NO4/c18-17(19)24-12-5-3-4-11(8-12)16(21)20-9-13-10-22-14-6-1-2-7-15(14)23-13/h1-8,13,17H,9-10H2,(H,20,21). The van der Waals surface area contributed by atoms with Crippen LogP contribution >= 0.6 is 0 Å². The van der Waals surface area contributed by atoms with E-state index >= 15 is 0 Å². The van der Waals surface area contributed by atoms with Gasteiger partial charge >= 0.3 is 6.61 Å². The maximum absolute atomic E-state index is 12.2. The van der Waals surface area contributed by atoms with Crippen LogP contribution in [0.3, 0.4) is 0 Å². The van der Waals surface area contributed by atoms with Crippen molar-refractivity contribution in [3.8, 4) is 17.2 Å². The second-order valence-corrected chi connectivity index (χ2v) is 5.11. The van der Waals surface area contributed by atoms with Gasteiger partial charge < -0.3 is 19.5 Å². The van der Waals surface area contributed by atoms with Gasteiger partial charge in [0.15, 0.2) is 11.5 Å². The minimum atomic E-state index is -2.93. The molecule has 1 aliphatic heterocycles. The fourth-order valence-electron chi connectivity index (χ4n) is 2.29. The summed E-state index contributed by atoms with van der Waals surface area (Å²) in [6.07, 6.45) is -0.329. The lowest BCUT2D eigenvalue weighted by atomic mass is 10.2. The second-order valence-electron chi connectivity index (χ2n) is 5.11. The topological polar surface area (TPSA) is 56.8 Å². The Hall–Kier alpha value is -2.83. The SMILES string of the molecule is O=C(NCC1COc2ccccc2O1)c1cccc(OC(F)F)c1. The number of hydrogen-bond donors (Lipinski definition) is 1. The Kier molecular flexibility index (Phi) is 4.79. The van der Waals surface area contributed by atoms with Crippen molar-refractivity contribution in [1.29, 1.82) is 0 Å². The molecular formula is C17H15F2NO4. The zero-order valence-corrected chi connectivity index (χ0v) is 12.6. The second kappa shape index (κ2) is 7.16. The first-order chi connectivity index (χ1) is 11.6. The number of ether oxygens (including phenoxy) is 3. The van der Waals surface area contributed by atoms with E-state index in [-0.39, 0.29) is 24.0 Å². The number of carbonyl (C=O) groups excluding carboxylic acids is 1. The fraction of sp³-hybridized carbons (Fsp3) is 0.235. The van der Waals surface area contributed by atoms with Crippen LogP contribution in [0.25, 0.3) is 0 Å². The van der Waals surface area contributed by atoms with Crippen molar-refractivity contribution in [2.45, 2.75) is 12.7 Å². The first-order valence-electron chi connectivity index (χ1n) is 7.33. The summed E-state index contributed by atoms with van der Waals surface area (Å²) in [5.74, 6) is 0.813. The van der Waals surface area contributed by atoms with E-state index in [1.54, 1.807) is 12.1 Å².